The van der Waals surface area contributed by atoms with Crippen molar-refractivity contribution in [1.29, 1.82) is 0 Å². The Hall–Kier alpha value is -2.14. The summed E-state index contributed by atoms with van der Waals surface area (Å²) in [6, 6.07) is 9.72. The molecule has 1 aromatic carbocycles. The number of carbonyl (C=O) groups excluding carboxylic acids is 1. The van der Waals surface area contributed by atoms with E-state index in [0.717, 1.165) is 11.3 Å². The molecule has 0 aliphatic carbocycles. The second-order valence-electron chi connectivity index (χ2n) is 4.86. The first-order valence-electron chi connectivity index (χ1n) is 6.52. The van der Waals surface area contributed by atoms with Crippen LogP contribution in [0.4, 0.5) is 0 Å². The van der Waals surface area contributed by atoms with Gasteiger partial charge in [0.2, 0.25) is 0 Å². The largest absolute Gasteiger partial charge is 0.383 e. The molecule has 1 amide bonds. The molecule has 0 saturated heterocycles. The van der Waals surface area contributed by atoms with Crippen LogP contribution in [0.3, 0.4) is 0 Å². The molecule has 0 radical (unpaired) electrons. The highest BCUT2D eigenvalue weighted by atomic mass is 16.5. The van der Waals surface area contributed by atoms with Crippen molar-refractivity contribution in [3.63, 3.8) is 0 Å². The summed E-state index contributed by atoms with van der Waals surface area (Å²) in [7, 11) is 1.61. The summed E-state index contributed by atoms with van der Waals surface area (Å²) in [5.41, 5.74) is 3.38. The number of methoxy groups -OCH3 is 1. The second kappa shape index (κ2) is 6.34. The molecular weight excluding hydrogens is 254 g/mol. The van der Waals surface area contributed by atoms with E-state index in [1.165, 1.54) is 5.56 Å². The molecule has 106 valence electrons. The zero-order valence-corrected chi connectivity index (χ0v) is 11.9. The van der Waals surface area contributed by atoms with E-state index < -0.39 is 0 Å². The summed E-state index contributed by atoms with van der Waals surface area (Å²) in [6.45, 7) is 4.40. The highest BCUT2D eigenvalue weighted by molar-refractivity contribution is 5.93. The number of aromatic nitrogens is 2. The Labute approximate surface area is 118 Å². The number of nitrogens with zero attached hydrogens (tertiary/aromatic N) is 1. The van der Waals surface area contributed by atoms with E-state index in [2.05, 4.69) is 15.5 Å². The van der Waals surface area contributed by atoms with Gasteiger partial charge in [-0.2, -0.15) is 5.10 Å². The summed E-state index contributed by atoms with van der Waals surface area (Å²) in [5.74, 6) is -0.180. The first-order valence-corrected chi connectivity index (χ1v) is 6.52. The Morgan fingerprint density at radius 3 is 2.75 bits per heavy atom. The van der Waals surface area contributed by atoms with Gasteiger partial charge in [-0.1, -0.05) is 29.8 Å². The van der Waals surface area contributed by atoms with E-state index in [0.29, 0.717) is 12.3 Å². The number of nitrogens with one attached hydrogen (secondary N) is 2. The van der Waals surface area contributed by atoms with Crippen LogP contribution in [0, 0.1) is 6.92 Å². The summed E-state index contributed by atoms with van der Waals surface area (Å²) in [6.07, 6.45) is 0. The fourth-order valence-electron chi connectivity index (χ4n) is 1.90. The molecule has 0 saturated carbocycles. The van der Waals surface area contributed by atoms with Crippen LogP contribution in [-0.2, 0) is 4.74 Å². The lowest BCUT2D eigenvalue weighted by Gasteiger charge is -2.11. The van der Waals surface area contributed by atoms with Gasteiger partial charge in [-0.15, -0.1) is 0 Å². The van der Waals surface area contributed by atoms with Crippen molar-refractivity contribution >= 4 is 5.91 Å². The fraction of sp³-hybridized carbons (Fsp3) is 0.333. The van der Waals surface area contributed by atoms with Crippen LogP contribution in [0.15, 0.2) is 30.3 Å². The molecule has 0 aliphatic rings. The third kappa shape index (κ3) is 3.45. The molecule has 0 spiro atoms. The van der Waals surface area contributed by atoms with Crippen LogP contribution in [0.1, 0.15) is 23.0 Å². The van der Waals surface area contributed by atoms with Crippen LogP contribution in [0.2, 0.25) is 0 Å². The predicted molar refractivity (Wildman–Crippen MR) is 77.6 cm³/mol. The summed E-state index contributed by atoms with van der Waals surface area (Å²) < 4.78 is 4.99. The molecule has 2 rings (SSSR count). The van der Waals surface area contributed by atoms with Gasteiger partial charge >= 0.3 is 0 Å². The van der Waals surface area contributed by atoms with Crippen molar-refractivity contribution in [2.75, 3.05) is 13.7 Å². The summed E-state index contributed by atoms with van der Waals surface area (Å²) in [4.78, 5) is 12.0. The molecule has 20 heavy (non-hydrogen) atoms. The second-order valence-corrected chi connectivity index (χ2v) is 4.86. The number of amides is 1. The summed E-state index contributed by atoms with van der Waals surface area (Å²) >= 11 is 0. The van der Waals surface area contributed by atoms with Crippen molar-refractivity contribution in [2.45, 2.75) is 19.9 Å². The Balaban J connectivity index is 2.08. The van der Waals surface area contributed by atoms with Crippen LogP contribution in [-0.4, -0.2) is 35.9 Å². The molecule has 5 heteroatoms. The highest BCUT2D eigenvalue weighted by Gasteiger charge is 2.13. The highest BCUT2D eigenvalue weighted by Crippen LogP contribution is 2.18. The zero-order chi connectivity index (χ0) is 14.5. The van der Waals surface area contributed by atoms with Gasteiger partial charge in [0, 0.05) is 18.7 Å². The normalized spacial score (nSPS) is 12.2. The van der Waals surface area contributed by atoms with Crippen molar-refractivity contribution in [2.24, 2.45) is 0 Å². The van der Waals surface area contributed by atoms with E-state index in [4.69, 9.17) is 4.74 Å². The van der Waals surface area contributed by atoms with Crippen molar-refractivity contribution in [3.8, 4) is 11.3 Å². The maximum absolute atomic E-state index is 12.0. The SMILES string of the molecule is COCC(C)NC(=O)c1cc(-c2ccc(C)cc2)n[nH]1. The van der Waals surface area contributed by atoms with E-state index in [1.54, 1.807) is 13.2 Å². The third-order valence-corrected chi connectivity index (χ3v) is 2.96. The molecule has 0 fully saturated rings. The third-order valence-electron chi connectivity index (χ3n) is 2.96. The Kier molecular flexibility index (Phi) is 4.53. The number of H-pyrrole nitrogens is 1. The molecule has 2 aromatic rings. The smallest absolute Gasteiger partial charge is 0.269 e. The molecule has 1 unspecified atom stereocenters. The first kappa shape index (κ1) is 14.3. The van der Waals surface area contributed by atoms with Crippen molar-refractivity contribution < 1.29 is 9.53 Å². The number of carbonyl (C=O) groups is 1. The van der Waals surface area contributed by atoms with E-state index >= 15 is 0 Å². The minimum atomic E-state index is -0.180. The molecule has 2 N–H and O–H groups in total. The molecule has 5 nitrogen and oxygen atoms in total. The van der Waals surface area contributed by atoms with Gasteiger partial charge in [-0.3, -0.25) is 9.89 Å². The monoisotopic (exact) mass is 273 g/mol. The minimum absolute atomic E-state index is 0.0429. The number of aryl methyl sites for hydroxylation is 1. The molecule has 0 aliphatic heterocycles. The van der Waals surface area contributed by atoms with Crippen LogP contribution in [0.5, 0.6) is 0 Å². The van der Waals surface area contributed by atoms with E-state index in [9.17, 15) is 4.79 Å². The maximum Gasteiger partial charge on any atom is 0.269 e. The fourth-order valence-corrected chi connectivity index (χ4v) is 1.90. The van der Waals surface area contributed by atoms with Crippen LogP contribution >= 0.6 is 0 Å². The van der Waals surface area contributed by atoms with E-state index in [-0.39, 0.29) is 11.9 Å². The van der Waals surface area contributed by atoms with Gasteiger partial charge < -0.3 is 10.1 Å². The van der Waals surface area contributed by atoms with Gasteiger partial charge in [0.05, 0.1) is 12.3 Å². The maximum atomic E-state index is 12.0. The first-order chi connectivity index (χ1) is 9.60. The lowest BCUT2D eigenvalue weighted by Crippen LogP contribution is -2.35. The molecule has 1 aromatic heterocycles. The Morgan fingerprint density at radius 2 is 2.10 bits per heavy atom. The molecule has 0 bridgehead atoms. The number of aromatic amines is 1. The van der Waals surface area contributed by atoms with Gasteiger partial charge in [0.15, 0.2) is 0 Å². The number of benzene rings is 1. The number of ether oxygens (including phenoxy) is 1. The standard InChI is InChI=1S/C15H19N3O2/c1-10-4-6-12(7-5-10)13-8-14(18-17-13)15(19)16-11(2)9-20-3/h4-8,11H,9H2,1-3H3,(H,16,19)(H,17,18). The van der Waals surface area contributed by atoms with Gasteiger partial charge in [0.25, 0.3) is 5.91 Å². The Morgan fingerprint density at radius 1 is 1.40 bits per heavy atom. The minimum Gasteiger partial charge on any atom is -0.383 e. The molecule has 1 atom stereocenters. The summed E-state index contributed by atoms with van der Waals surface area (Å²) in [5, 5.41) is 9.77. The number of hydrogen-bond acceptors (Lipinski definition) is 3. The van der Waals surface area contributed by atoms with Gasteiger partial charge in [0.1, 0.15) is 5.69 Å². The quantitative estimate of drug-likeness (QED) is 0.877. The molecular formula is C15H19N3O2. The van der Waals surface area contributed by atoms with E-state index in [1.807, 2.05) is 38.1 Å². The zero-order valence-electron chi connectivity index (χ0n) is 11.9. The van der Waals surface area contributed by atoms with Gasteiger partial charge in [-0.05, 0) is 19.9 Å². The number of hydrogen-bond donors (Lipinski definition) is 2. The van der Waals surface area contributed by atoms with Crippen LogP contribution in [0.25, 0.3) is 11.3 Å². The lowest BCUT2D eigenvalue weighted by atomic mass is 10.1. The lowest BCUT2D eigenvalue weighted by molar-refractivity contribution is 0.0900. The van der Waals surface area contributed by atoms with Gasteiger partial charge in [-0.25, -0.2) is 0 Å². The number of rotatable bonds is 5. The topological polar surface area (TPSA) is 67.0 Å². The van der Waals surface area contributed by atoms with Crippen molar-refractivity contribution in [3.05, 3.63) is 41.6 Å². The average molecular weight is 273 g/mol. The predicted octanol–water partition coefficient (Wildman–Crippen LogP) is 2.15. The Bertz CT molecular complexity index is 575. The molecule has 1 heterocycles. The average Bonchev–Trinajstić information content (AvgIpc) is 2.89. The van der Waals surface area contributed by atoms with Crippen molar-refractivity contribution in [1.82, 2.24) is 15.5 Å². The van der Waals surface area contributed by atoms with Crippen LogP contribution < -0.4 is 5.32 Å².